The number of carbonyl (C=O) groups is 2. The smallest absolute Gasteiger partial charge is 0.257 e. The topological polar surface area (TPSA) is 136 Å². The van der Waals surface area contributed by atoms with Gasteiger partial charge in [0.2, 0.25) is 17.7 Å². The van der Waals surface area contributed by atoms with Crippen LogP contribution in [0.4, 0.5) is 11.4 Å². The van der Waals surface area contributed by atoms with Crippen LogP contribution in [0.5, 0.6) is 0 Å². The van der Waals surface area contributed by atoms with Gasteiger partial charge in [-0.05, 0) is 66.7 Å². The van der Waals surface area contributed by atoms with Crippen LogP contribution in [-0.4, -0.2) is 38.3 Å². The lowest BCUT2D eigenvalue weighted by atomic mass is 10.2. The molecule has 0 unspecified atom stereocenters. The molecule has 0 saturated heterocycles. The molecule has 2 N–H and O–H groups in total. The van der Waals surface area contributed by atoms with E-state index in [2.05, 4.69) is 25.6 Å². The molecule has 7 rings (SSSR count). The molecular weight excluding hydrogens is 587 g/mol. The molecule has 0 radical (unpaired) electrons. The zero-order valence-corrected chi connectivity index (χ0v) is 23.9. The number of carbonyl (C=O) groups excluding carboxylic acids is 2. The zero-order chi connectivity index (χ0) is 29.2. The maximum absolute atomic E-state index is 12.5. The summed E-state index contributed by atoms with van der Waals surface area (Å²) in [7, 11) is 0. The van der Waals surface area contributed by atoms with E-state index in [-0.39, 0.29) is 23.3 Å². The van der Waals surface area contributed by atoms with Gasteiger partial charge in [0.1, 0.15) is 16.6 Å². The van der Waals surface area contributed by atoms with Crippen molar-refractivity contribution < 1.29 is 22.8 Å². The average molecular weight is 608 g/mol. The fourth-order valence-electron chi connectivity index (χ4n) is 4.30. The highest BCUT2D eigenvalue weighted by Gasteiger charge is 2.13. The van der Waals surface area contributed by atoms with E-state index in [9.17, 15) is 9.59 Å². The van der Waals surface area contributed by atoms with Crippen molar-refractivity contribution in [2.45, 2.75) is 10.4 Å². The largest absolute Gasteiger partial charge is 0.436 e. The lowest BCUT2D eigenvalue weighted by Crippen LogP contribution is -2.13. The van der Waals surface area contributed by atoms with Crippen molar-refractivity contribution in [3.63, 3.8) is 0 Å². The minimum absolute atomic E-state index is 0.146. The third-order valence-electron chi connectivity index (χ3n) is 6.29. The van der Waals surface area contributed by atoms with Crippen LogP contribution in [0.2, 0.25) is 0 Å². The van der Waals surface area contributed by atoms with Gasteiger partial charge >= 0.3 is 0 Å². The summed E-state index contributed by atoms with van der Waals surface area (Å²) in [6.07, 6.45) is 0. The van der Waals surface area contributed by atoms with Crippen molar-refractivity contribution in [2.24, 2.45) is 0 Å². The monoisotopic (exact) mass is 607 g/mol. The number of amides is 2. The van der Waals surface area contributed by atoms with Crippen LogP contribution in [0.25, 0.3) is 44.8 Å². The highest BCUT2D eigenvalue weighted by Crippen LogP contribution is 2.28. The van der Waals surface area contributed by atoms with Crippen molar-refractivity contribution in [1.29, 1.82) is 0 Å². The summed E-state index contributed by atoms with van der Waals surface area (Å²) in [6, 6.07) is 27.4. The Hall–Kier alpha value is -5.07. The molecule has 3 heterocycles. The molecule has 3 aromatic heterocycles. The lowest BCUT2D eigenvalue weighted by molar-refractivity contribution is -0.114. The third kappa shape index (κ3) is 6.10. The standard InChI is InChI=1S/C31H21N5O5S2/c37-27(16-42-30-35-21-5-1-3-7-24(21)40-30)32-19-11-9-18(10-12-19)29-34-23-15-20(13-14-26(23)39-29)33-28(38)17-43-31-36-22-6-2-4-8-25(22)41-31/h1-15H,16-17H2,(H,32,37)(H,33,38). The fraction of sp³-hybridized carbons (Fsp3) is 0.0645. The number of benzene rings is 4. The summed E-state index contributed by atoms with van der Waals surface area (Å²) < 4.78 is 17.2. The van der Waals surface area contributed by atoms with Crippen LogP contribution in [0, 0.1) is 0 Å². The maximum atomic E-state index is 12.5. The molecule has 212 valence electrons. The van der Waals surface area contributed by atoms with Crippen molar-refractivity contribution in [1.82, 2.24) is 15.0 Å². The minimum Gasteiger partial charge on any atom is -0.436 e. The van der Waals surface area contributed by atoms with Crippen LogP contribution in [0.15, 0.2) is 115 Å². The molecule has 0 aliphatic carbocycles. The Balaban J connectivity index is 0.942. The summed E-state index contributed by atoms with van der Waals surface area (Å²) in [5, 5.41) is 6.64. The second-order valence-electron chi connectivity index (χ2n) is 9.35. The van der Waals surface area contributed by atoms with E-state index in [1.54, 1.807) is 30.3 Å². The molecule has 0 aliphatic heterocycles. The third-order valence-corrected chi connectivity index (χ3v) is 7.95. The second-order valence-corrected chi connectivity index (χ2v) is 11.2. The summed E-state index contributed by atoms with van der Waals surface area (Å²) >= 11 is 2.46. The normalized spacial score (nSPS) is 11.3. The Morgan fingerprint density at radius 3 is 1.72 bits per heavy atom. The van der Waals surface area contributed by atoms with Crippen molar-refractivity contribution in [2.75, 3.05) is 22.1 Å². The summed E-state index contributed by atoms with van der Waals surface area (Å²) in [5.41, 5.74) is 6.06. The molecule has 4 aromatic carbocycles. The number of aromatic nitrogens is 3. The highest BCUT2D eigenvalue weighted by molar-refractivity contribution is 8.00. The van der Waals surface area contributed by atoms with Gasteiger partial charge in [0.05, 0.1) is 11.5 Å². The van der Waals surface area contributed by atoms with Crippen LogP contribution in [0.3, 0.4) is 0 Å². The molecule has 10 nitrogen and oxygen atoms in total. The van der Waals surface area contributed by atoms with Crippen LogP contribution in [-0.2, 0) is 9.59 Å². The first-order valence-corrected chi connectivity index (χ1v) is 15.1. The molecule has 12 heteroatoms. The molecule has 0 bridgehead atoms. The molecule has 0 saturated carbocycles. The summed E-state index contributed by atoms with van der Waals surface area (Å²) in [5.74, 6) is 0.361. The van der Waals surface area contributed by atoms with Gasteiger partial charge in [-0.25, -0.2) is 15.0 Å². The Kier molecular flexibility index (Phi) is 7.27. The number of anilines is 2. The minimum atomic E-state index is -0.194. The van der Waals surface area contributed by atoms with Gasteiger partial charge in [-0.2, -0.15) is 0 Å². The summed E-state index contributed by atoms with van der Waals surface area (Å²) in [4.78, 5) is 38.3. The number of hydrogen-bond donors (Lipinski definition) is 2. The Morgan fingerprint density at radius 2 is 1.12 bits per heavy atom. The number of rotatable bonds is 9. The first-order valence-electron chi connectivity index (χ1n) is 13.1. The van der Waals surface area contributed by atoms with E-state index in [4.69, 9.17) is 13.3 Å². The van der Waals surface area contributed by atoms with Crippen molar-refractivity contribution >= 4 is 80.0 Å². The molecule has 7 aromatic rings. The molecule has 0 fully saturated rings. The number of nitrogens with zero attached hydrogens (tertiary/aromatic N) is 3. The van der Waals surface area contributed by atoms with E-state index in [1.807, 2.05) is 60.7 Å². The highest BCUT2D eigenvalue weighted by atomic mass is 32.2. The number of thioether (sulfide) groups is 2. The van der Waals surface area contributed by atoms with E-state index in [1.165, 1.54) is 23.5 Å². The average Bonchev–Trinajstić information content (AvgIpc) is 3.75. The quantitative estimate of drug-likeness (QED) is 0.162. The predicted molar refractivity (Wildman–Crippen MR) is 166 cm³/mol. The number of fused-ring (bicyclic) bond motifs is 3. The van der Waals surface area contributed by atoms with Gasteiger partial charge in [-0.15, -0.1) is 0 Å². The van der Waals surface area contributed by atoms with Crippen molar-refractivity contribution in [3.05, 3.63) is 91.0 Å². The number of hydrogen-bond acceptors (Lipinski definition) is 10. The first kappa shape index (κ1) is 26.8. The van der Waals surface area contributed by atoms with E-state index in [0.717, 1.165) is 16.6 Å². The molecular formula is C31H21N5O5S2. The zero-order valence-electron chi connectivity index (χ0n) is 22.3. The van der Waals surface area contributed by atoms with E-state index >= 15 is 0 Å². The predicted octanol–water partition coefficient (Wildman–Crippen LogP) is 7.24. The maximum Gasteiger partial charge on any atom is 0.257 e. The van der Waals surface area contributed by atoms with Gasteiger partial charge in [0, 0.05) is 16.9 Å². The van der Waals surface area contributed by atoms with Gasteiger partial charge in [-0.1, -0.05) is 47.8 Å². The SMILES string of the molecule is O=C(CSc1nc2ccccc2o1)Nc1ccc(-c2nc3cc(NC(=O)CSc4nc5ccccc5o4)ccc3o2)cc1. The Morgan fingerprint density at radius 1 is 0.581 bits per heavy atom. The van der Waals surface area contributed by atoms with E-state index < -0.39 is 0 Å². The van der Waals surface area contributed by atoms with Crippen LogP contribution >= 0.6 is 23.5 Å². The van der Waals surface area contributed by atoms with E-state index in [0.29, 0.717) is 50.0 Å². The molecule has 2 amide bonds. The number of para-hydroxylation sites is 4. The second kappa shape index (κ2) is 11.7. The first-order chi connectivity index (χ1) is 21.1. The van der Waals surface area contributed by atoms with Gasteiger partial charge in [0.25, 0.3) is 10.4 Å². The van der Waals surface area contributed by atoms with Crippen LogP contribution < -0.4 is 10.6 Å². The summed E-state index contributed by atoms with van der Waals surface area (Å²) in [6.45, 7) is 0. The molecule has 0 aliphatic rings. The van der Waals surface area contributed by atoms with Gasteiger partial charge in [-0.3, -0.25) is 9.59 Å². The number of nitrogens with one attached hydrogen (secondary N) is 2. The van der Waals surface area contributed by atoms with Crippen molar-refractivity contribution in [3.8, 4) is 11.5 Å². The fourth-order valence-corrected chi connectivity index (χ4v) is 5.58. The van der Waals surface area contributed by atoms with Gasteiger partial charge < -0.3 is 23.9 Å². The Bertz CT molecular complexity index is 2040. The molecule has 43 heavy (non-hydrogen) atoms. The molecule has 0 spiro atoms. The molecule has 0 atom stereocenters. The van der Waals surface area contributed by atoms with Gasteiger partial charge in [0.15, 0.2) is 16.7 Å². The Labute approximate surface area is 252 Å². The number of oxazole rings is 3. The van der Waals surface area contributed by atoms with Crippen LogP contribution in [0.1, 0.15) is 0 Å². The lowest BCUT2D eigenvalue weighted by Gasteiger charge is -2.04.